The van der Waals surface area contributed by atoms with Crippen LogP contribution in [0.5, 0.6) is 5.88 Å². The zero-order chi connectivity index (χ0) is 15.5. The normalized spacial score (nSPS) is 17.5. The largest absolute Gasteiger partial charge is 0.474 e. The van der Waals surface area contributed by atoms with Gasteiger partial charge >= 0.3 is 0 Å². The highest BCUT2D eigenvalue weighted by Crippen LogP contribution is 2.20. The lowest BCUT2D eigenvalue weighted by molar-refractivity contribution is -0.123. The van der Waals surface area contributed by atoms with Gasteiger partial charge in [-0.15, -0.1) is 0 Å². The SMILES string of the molecule is CN1CCC(Oc2ccc(NC(=O)C(C)(C)C)cn2)CC1. The summed E-state index contributed by atoms with van der Waals surface area (Å²) in [7, 11) is 2.13. The van der Waals surface area contributed by atoms with Crippen LogP contribution in [0.3, 0.4) is 0 Å². The van der Waals surface area contributed by atoms with Crippen molar-refractivity contribution in [1.82, 2.24) is 9.88 Å². The van der Waals surface area contributed by atoms with Gasteiger partial charge in [0.15, 0.2) is 0 Å². The lowest BCUT2D eigenvalue weighted by atomic mass is 9.96. The van der Waals surface area contributed by atoms with Crippen LogP contribution in [0.2, 0.25) is 0 Å². The van der Waals surface area contributed by atoms with Gasteiger partial charge in [0.25, 0.3) is 0 Å². The van der Waals surface area contributed by atoms with Crippen LogP contribution in [0.4, 0.5) is 5.69 Å². The molecule has 0 radical (unpaired) electrons. The van der Waals surface area contributed by atoms with Crippen molar-refractivity contribution in [3.05, 3.63) is 18.3 Å². The number of amides is 1. The van der Waals surface area contributed by atoms with E-state index < -0.39 is 5.41 Å². The Bertz CT molecular complexity index is 471. The number of nitrogens with zero attached hydrogens (tertiary/aromatic N) is 2. The van der Waals surface area contributed by atoms with Crippen molar-refractivity contribution in [3.63, 3.8) is 0 Å². The third-order valence-electron chi connectivity index (χ3n) is 3.63. The van der Waals surface area contributed by atoms with Crippen molar-refractivity contribution in [2.24, 2.45) is 5.41 Å². The molecule has 0 unspecified atom stereocenters. The number of hydrogen-bond donors (Lipinski definition) is 1. The Labute approximate surface area is 126 Å². The van der Waals surface area contributed by atoms with E-state index in [0.29, 0.717) is 11.6 Å². The summed E-state index contributed by atoms with van der Waals surface area (Å²) in [6, 6.07) is 3.65. The molecule has 1 fully saturated rings. The van der Waals surface area contributed by atoms with Crippen LogP contribution in [-0.4, -0.2) is 42.0 Å². The molecule has 0 saturated carbocycles. The van der Waals surface area contributed by atoms with Gasteiger partial charge in [0.05, 0.1) is 11.9 Å². The predicted octanol–water partition coefficient (Wildman–Crippen LogP) is 2.54. The Balaban J connectivity index is 1.89. The Morgan fingerprint density at radius 1 is 1.33 bits per heavy atom. The molecule has 0 aromatic carbocycles. The van der Waals surface area contributed by atoms with Crippen molar-refractivity contribution in [1.29, 1.82) is 0 Å². The van der Waals surface area contributed by atoms with Gasteiger partial charge in [-0.25, -0.2) is 4.98 Å². The Morgan fingerprint density at radius 2 is 2.00 bits per heavy atom. The van der Waals surface area contributed by atoms with Crippen LogP contribution in [0.1, 0.15) is 33.6 Å². The molecule has 5 nitrogen and oxygen atoms in total. The molecule has 1 aliphatic heterocycles. The fourth-order valence-corrected chi connectivity index (χ4v) is 2.12. The monoisotopic (exact) mass is 291 g/mol. The fraction of sp³-hybridized carbons (Fsp3) is 0.625. The lowest BCUT2D eigenvalue weighted by Crippen LogP contribution is -2.35. The molecule has 1 amide bonds. The molecule has 116 valence electrons. The van der Waals surface area contributed by atoms with Gasteiger partial charge in [0.1, 0.15) is 6.10 Å². The summed E-state index contributed by atoms with van der Waals surface area (Å²) >= 11 is 0. The Hall–Kier alpha value is -1.62. The van der Waals surface area contributed by atoms with Crippen molar-refractivity contribution in [2.75, 3.05) is 25.5 Å². The topological polar surface area (TPSA) is 54.5 Å². The van der Waals surface area contributed by atoms with Crippen LogP contribution in [0.15, 0.2) is 18.3 Å². The van der Waals surface area contributed by atoms with E-state index >= 15 is 0 Å². The first-order chi connectivity index (χ1) is 9.84. The Kier molecular flexibility index (Phi) is 4.83. The minimum Gasteiger partial charge on any atom is -0.474 e. The average Bonchev–Trinajstić information content (AvgIpc) is 2.42. The summed E-state index contributed by atoms with van der Waals surface area (Å²) in [5.74, 6) is 0.603. The molecule has 1 saturated heterocycles. The number of pyridine rings is 1. The first-order valence-electron chi connectivity index (χ1n) is 7.47. The second-order valence-corrected chi connectivity index (χ2v) is 6.71. The number of hydrogen-bond acceptors (Lipinski definition) is 4. The number of nitrogens with one attached hydrogen (secondary N) is 1. The van der Waals surface area contributed by atoms with Crippen LogP contribution >= 0.6 is 0 Å². The third-order valence-corrected chi connectivity index (χ3v) is 3.63. The quantitative estimate of drug-likeness (QED) is 0.930. The maximum Gasteiger partial charge on any atom is 0.229 e. The average molecular weight is 291 g/mol. The van der Waals surface area contributed by atoms with Crippen molar-refractivity contribution in [3.8, 4) is 5.88 Å². The van der Waals surface area contributed by atoms with E-state index in [2.05, 4.69) is 22.2 Å². The first kappa shape index (κ1) is 15.8. The molecule has 0 aliphatic carbocycles. The number of likely N-dealkylation sites (tertiary alicyclic amines) is 1. The van der Waals surface area contributed by atoms with Gasteiger partial charge in [-0.1, -0.05) is 20.8 Å². The van der Waals surface area contributed by atoms with Crippen LogP contribution in [-0.2, 0) is 4.79 Å². The Morgan fingerprint density at radius 3 is 2.52 bits per heavy atom. The zero-order valence-electron chi connectivity index (χ0n) is 13.3. The van der Waals surface area contributed by atoms with Crippen molar-refractivity contribution in [2.45, 2.75) is 39.7 Å². The first-order valence-corrected chi connectivity index (χ1v) is 7.47. The molecular weight excluding hydrogens is 266 g/mol. The van der Waals surface area contributed by atoms with Crippen molar-refractivity contribution >= 4 is 11.6 Å². The number of carbonyl (C=O) groups is 1. The van der Waals surface area contributed by atoms with Gasteiger partial charge in [0, 0.05) is 24.6 Å². The zero-order valence-corrected chi connectivity index (χ0v) is 13.3. The van der Waals surface area contributed by atoms with Gasteiger partial charge in [-0.2, -0.15) is 0 Å². The van der Waals surface area contributed by atoms with Crippen molar-refractivity contribution < 1.29 is 9.53 Å². The number of ether oxygens (including phenoxy) is 1. The number of carbonyl (C=O) groups excluding carboxylic acids is 1. The van der Waals surface area contributed by atoms with E-state index in [1.54, 1.807) is 6.20 Å². The fourth-order valence-electron chi connectivity index (χ4n) is 2.12. The third kappa shape index (κ3) is 4.70. The molecule has 1 aromatic heterocycles. The molecule has 5 heteroatoms. The predicted molar refractivity (Wildman–Crippen MR) is 83.5 cm³/mol. The van der Waals surface area contributed by atoms with E-state index in [1.165, 1.54) is 0 Å². The van der Waals surface area contributed by atoms with Gasteiger partial charge < -0.3 is 15.0 Å². The number of piperidine rings is 1. The molecule has 2 rings (SSSR count). The molecule has 1 aromatic rings. The van der Waals surface area contributed by atoms with E-state index in [-0.39, 0.29) is 12.0 Å². The second-order valence-electron chi connectivity index (χ2n) is 6.71. The van der Waals surface area contributed by atoms with Crippen LogP contribution < -0.4 is 10.1 Å². The minimum atomic E-state index is -0.413. The summed E-state index contributed by atoms with van der Waals surface area (Å²) in [4.78, 5) is 18.5. The highest BCUT2D eigenvalue weighted by atomic mass is 16.5. The molecule has 0 bridgehead atoms. The number of anilines is 1. The van der Waals surface area contributed by atoms with Crippen LogP contribution in [0.25, 0.3) is 0 Å². The van der Waals surface area contributed by atoms with Crippen LogP contribution in [0, 0.1) is 5.41 Å². The number of rotatable bonds is 3. The smallest absolute Gasteiger partial charge is 0.229 e. The highest BCUT2D eigenvalue weighted by Gasteiger charge is 2.21. The second kappa shape index (κ2) is 6.43. The maximum absolute atomic E-state index is 11.9. The van der Waals surface area contributed by atoms with Gasteiger partial charge in [-0.05, 0) is 26.0 Å². The molecule has 0 spiro atoms. The highest BCUT2D eigenvalue weighted by molar-refractivity contribution is 5.94. The summed E-state index contributed by atoms with van der Waals surface area (Å²) < 4.78 is 5.88. The van der Waals surface area contributed by atoms with E-state index in [1.807, 2.05) is 32.9 Å². The standard InChI is InChI=1S/C16H25N3O2/c1-16(2,3)15(20)18-12-5-6-14(17-11-12)21-13-7-9-19(4)10-8-13/h5-6,11,13H,7-10H2,1-4H3,(H,18,20). The summed E-state index contributed by atoms with van der Waals surface area (Å²) in [6.07, 6.45) is 3.94. The van der Waals surface area contributed by atoms with E-state index in [9.17, 15) is 4.79 Å². The molecule has 2 heterocycles. The maximum atomic E-state index is 11.9. The van der Waals surface area contributed by atoms with Gasteiger partial charge in [-0.3, -0.25) is 4.79 Å². The van der Waals surface area contributed by atoms with E-state index in [4.69, 9.17) is 4.74 Å². The van der Waals surface area contributed by atoms with E-state index in [0.717, 1.165) is 25.9 Å². The molecular formula is C16H25N3O2. The molecule has 21 heavy (non-hydrogen) atoms. The summed E-state index contributed by atoms with van der Waals surface area (Å²) in [5.41, 5.74) is 0.286. The summed E-state index contributed by atoms with van der Waals surface area (Å²) in [6.45, 7) is 7.77. The molecule has 1 N–H and O–H groups in total. The summed E-state index contributed by atoms with van der Waals surface area (Å²) in [5, 5.41) is 2.85. The number of aromatic nitrogens is 1. The lowest BCUT2D eigenvalue weighted by Gasteiger charge is -2.28. The minimum absolute atomic E-state index is 0.0201. The molecule has 0 atom stereocenters. The molecule has 1 aliphatic rings. The van der Waals surface area contributed by atoms with Gasteiger partial charge in [0.2, 0.25) is 11.8 Å².